The number of hydrogen-bond donors (Lipinski definition) is 0. The van der Waals surface area contributed by atoms with Gasteiger partial charge in [-0.25, -0.2) is 9.97 Å². The topological polar surface area (TPSA) is 62.2 Å². The van der Waals surface area contributed by atoms with Crippen LogP contribution < -0.4 is 4.90 Å². The predicted molar refractivity (Wildman–Crippen MR) is 107 cm³/mol. The lowest BCUT2D eigenvalue weighted by molar-refractivity contribution is 0.0746. The van der Waals surface area contributed by atoms with Crippen LogP contribution in [0.5, 0.6) is 0 Å². The van der Waals surface area contributed by atoms with Crippen LogP contribution in [0.4, 0.5) is 5.82 Å². The first kappa shape index (κ1) is 17.7. The maximum absolute atomic E-state index is 12.9. The summed E-state index contributed by atoms with van der Waals surface area (Å²) in [5, 5.41) is 0. The van der Waals surface area contributed by atoms with Crippen molar-refractivity contribution in [3.8, 4) is 11.8 Å². The molecule has 0 spiro atoms. The van der Waals surface area contributed by atoms with Crippen molar-refractivity contribution < 1.29 is 4.79 Å². The standard InChI is InChI=1S/C22H19N5O/c28-22(27-14-12-26(13-15-27)21-17-23-10-11-25-21)19-8-9-24-20(16-19)7-6-18-4-2-1-3-5-18/h1-5,8-11,16-17H,12-15H2. The van der Waals surface area contributed by atoms with E-state index in [1.807, 2.05) is 35.2 Å². The second kappa shape index (κ2) is 8.31. The van der Waals surface area contributed by atoms with Gasteiger partial charge in [-0.3, -0.25) is 9.78 Å². The highest BCUT2D eigenvalue weighted by atomic mass is 16.2. The van der Waals surface area contributed by atoms with E-state index in [-0.39, 0.29) is 5.91 Å². The van der Waals surface area contributed by atoms with Crippen molar-refractivity contribution >= 4 is 11.7 Å². The van der Waals surface area contributed by atoms with E-state index in [0.29, 0.717) is 24.3 Å². The minimum absolute atomic E-state index is 0.00366. The Bertz CT molecular complexity index is 1000. The number of amides is 1. The Labute approximate surface area is 163 Å². The number of nitrogens with zero attached hydrogens (tertiary/aromatic N) is 5. The van der Waals surface area contributed by atoms with Crippen LogP contribution in [0.25, 0.3) is 0 Å². The van der Waals surface area contributed by atoms with Crippen molar-refractivity contribution in [2.24, 2.45) is 0 Å². The molecule has 0 saturated carbocycles. The molecule has 1 aliphatic heterocycles. The molecule has 3 aromatic rings. The molecule has 1 amide bonds. The van der Waals surface area contributed by atoms with Crippen LogP contribution in [0, 0.1) is 11.8 Å². The van der Waals surface area contributed by atoms with Gasteiger partial charge >= 0.3 is 0 Å². The number of rotatable bonds is 2. The molecule has 0 unspecified atom stereocenters. The molecular weight excluding hydrogens is 350 g/mol. The summed E-state index contributed by atoms with van der Waals surface area (Å²) in [5.74, 6) is 6.95. The summed E-state index contributed by atoms with van der Waals surface area (Å²) in [4.78, 5) is 29.6. The first-order valence-electron chi connectivity index (χ1n) is 9.13. The van der Waals surface area contributed by atoms with Gasteiger partial charge in [-0.2, -0.15) is 0 Å². The fourth-order valence-electron chi connectivity index (χ4n) is 3.07. The minimum Gasteiger partial charge on any atom is -0.352 e. The van der Waals surface area contributed by atoms with Gasteiger partial charge in [0, 0.05) is 55.9 Å². The van der Waals surface area contributed by atoms with Crippen molar-refractivity contribution in [1.29, 1.82) is 0 Å². The first-order valence-corrected chi connectivity index (χ1v) is 9.13. The Hall–Kier alpha value is -3.72. The summed E-state index contributed by atoms with van der Waals surface area (Å²) >= 11 is 0. The molecule has 0 atom stereocenters. The summed E-state index contributed by atoms with van der Waals surface area (Å²) in [7, 11) is 0. The van der Waals surface area contributed by atoms with Gasteiger partial charge < -0.3 is 9.80 Å². The summed E-state index contributed by atoms with van der Waals surface area (Å²) in [5.41, 5.74) is 2.12. The zero-order valence-electron chi connectivity index (χ0n) is 15.3. The molecule has 6 nitrogen and oxygen atoms in total. The van der Waals surface area contributed by atoms with Crippen LogP contribution >= 0.6 is 0 Å². The maximum atomic E-state index is 12.9. The van der Waals surface area contributed by atoms with Crippen molar-refractivity contribution in [1.82, 2.24) is 19.9 Å². The highest BCUT2D eigenvalue weighted by Gasteiger charge is 2.23. The quantitative estimate of drug-likeness (QED) is 0.649. The Morgan fingerprint density at radius 3 is 2.46 bits per heavy atom. The second-order valence-electron chi connectivity index (χ2n) is 6.39. The van der Waals surface area contributed by atoms with E-state index >= 15 is 0 Å². The SMILES string of the molecule is O=C(c1ccnc(C#Cc2ccccc2)c1)N1CCN(c2cnccn2)CC1. The van der Waals surface area contributed by atoms with Crippen LogP contribution in [0.15, 0.2) is 67.3 Å². The molecule has 0 bridgehead atoms. The summed E-state index contributed by atoms with van der Waals surface area (Å²) in [6.07, 6.45) is 6.73. The van der Waals surface area contributed by atoms with Crippen molar-refractivity contribution in [3.05, 3.63) is 84.1 Å². The zero-order chi connectivity index (χ0) is 19.2. The molecule has 0 radical (unpaired) electrons. The Kier molecular flexibility index (Phi) is 5.25. The number of benzene rings is 1. The Morgan fingerprint density at radius 1 is 0.893 bits per heavy atom. The number of anilines is 1. The van der Waals surface area contributed by atoms with Gasteiger partial charge in [-0.15, -0.1) is 0 Å². The van der Waals surface area contributed by atoms with E-state index in [9.17, 15) is 4.79 Å². The monoisotopic (exact) mass is 369 g/mol. The molecule has 2 aromatic heterocycles. The van der Waals surface area contributed by atoms with Gasteiger partial charge in [-0.1, -0.05) is 24.1 Å². The normalized spacial score (nSPS) is 13.6. The summed E-state index contributed by atoms with van der Waals surface area (Å²) < 4.78 is 0. The van der Waals surface area contributed by atoms with E-state index in [0.717, 1.165) is 24.5 Å². The second-order valence-corrected chi connectivity index (χ2v) is 6.39. The number of pyridine rings is 1. The molecule has 1 fully saturated rings. The third-order valence-electron chi connectivity index (χ3n) is 4.56. The number of hydrogen-bond acceptors (Lipinski definition) is 5. The molecule has 1 aromatic carbocycles. The molecule has 138 valence electrons. The third-order valence-corrected chi connectivity index (χ3v) is 4.56. The lowest BCUT2D eigenvalue weighted by Gasteiger charge is -2.35. The van der Waals surface area contributed by atoms with E-state index in [1.165, 1.54) is 0 Å². The molecule has 6 heteroatoms. The van der Waals surface area contributed by atoms with Gasteiger partial charge in [0.1, 0.15) is 11.5 Å². The van der Waals surface area contributed by atoms with Gasteiger partial charge in [0.25, 0.3) is 5.91 Å². The highest BCUT2D eigenvalue weighted by molar-refractivity contribution is 5.94. The van der Waals surface area contributed by atoms with E-state index in [2.05, 4.69) is 31.7 Å². The van der Waals surface area contributed by atoms with Gasteiger partial charge in [0.15, 0.2) is 0 Å². The molecule has 28 heavy (non-hydrogen) atoms. The molecule has 0 aliphatic carbocycles. The number of carbonyl (C=O) groups excluding carboxylic acids is 1. The van der Waals surface area contributed by atoms with Gasteiger partial charge in [-0.05, 0) is 30.2 Å². The molecule has 1 aliphatic rings. The summed E-state index contributed by atoms with van der Waals surface area (Å²) in [6.45, 7) is 2.75. The van der Waals surface area contributed by atoms with Crippen LogP contribution in [0.1, 0.15) is 21.6 Å². The maximum Gasteiger partial charge on any atom is 0.254 e. The Morgan fingerprint density at radius 2 is 1.71 bits per heavy atom. The highest BCUT2D eigenvalue weighted by Crippen LogP contribution is 2.14. The van der Waals surface area contributed by atoms with Gasteiger partial charge in [0.05, 0.1) is 6.20 Å². The predicted octanol–water partition coefficient (Wildman–Crippen LogP) is 2.23. The molecule has 4 rings (SSSR count). The van der Waals surface area contributed by atoms with Crippen LogP contribution in [-0.2, 0) is 0 Å². The Balaban J connectivity index is 1.42. The van der Waals surface area contributed by atoms with Gasteiger partial charge in [0.2, 0.25) is 0 Å². The molecule has 3 heterocycles. The average molecular weight is 369 g/mol. The fourth-order valence-corrected chi connectivity index (χ4v) is 3.07. The largest absolute Gasteiger partial charge is 0.352 e. The lowest BCUT2D eigenvalue weighted by atomic mass is 10.1. The van der Waals surface area contributed by atoms with Crippen molar-refractivity contribution in [3.63, 3.8) is 0 Å². The zero-order valence-corrected chi connectivity index (χ0v) is 15.3. The van der Waals surface area contributed by atoms with Crippen molar-refractivity contribution in [2.45, 2.75) is 0 Å². The molecular formula is C22H19N5O. The lowest BCUT2D eigenvalue weighted by Crippen LogP contribution is -2.49. The number of carbonyl (C=O) groups is 1. The smallest absolute Gasteiger partial charge is 0.254 e. The average Bonchev–Trinajstić information content (AvgIpc) is 2.79. The number of aromatic nitrogens is 3. The minimum atomic E-state index is 0.00366. The molecule has 1 saturated heterocycles. The van der Waals surface area contributed by atoms with Crippen LogP contribution in [0.2, 0.25) is 0 Å². The van der Waals surface area contributed by atoms with E-state index in [1.54, 1.807) is 36.9 Å². The fraction of sp³-hybridized carbons (Fsp3) is 0.182. The van der Waals surface area contributed by atoms with Crippen molar-refractivity contribution in [2.75, 3.05) is 31.1 Å². The molecule has 0 N–H and O–H groups in total. The third kappa shape index (κ3) is 4.15. The van der Waals surface area contributed by atoms with E-state index in [4.69, 9.17) is 0 Å². The number of piperazine rings is 1. The van der Waals surface area contributed by atoms with Crippen LogP contribution in [0.3, 0.4) is 0 Å². The summed E-state index contributed by atoms with van der Waals surface area (Å²) in [6, 6.07) is 13.2. The first-order chi connectivity index (χ1) is 13.8. The van der Waals surface area contributed by atoms with E-state index < -0.39 is 0 Å². The van der Waals surface area contributed by atoms with Crippen LogP contribution in [-0.4, -0.2) is 51.9 Å².